The molecule has 2 aromatic rings. The van der Waals surface area contributed by atoms with Gasteiger partial charge in [-0.3, -0.25) is 4.79 Å². The predicted molar refractivity (Wildman–Crippen MR) is 85.1 cm³/mol. The highest BCUT2D eigenvalue weighted by molar-refractivity contribution is 5.93. The molecule has 2 rings (SSSR count). The second-order valence-electron chi connectivity index (χ2n) is 4.93. The van der Waals surface area contributed by atoms with Gasteiger partial charge in [-0.1, -0.05) is 18.2 Å². The summed E-state index contributed by atoms with van der Waals surface area (Å²) in [7, 11) is 0. The number of carbonyl (C=O) groups is 1. The Kier molecular flexibility index (Phi) is 4.42. The number of nitrogens with zero attached hydrogens (tertiary/aromatic N) is 2. The molecule has 0 aliphatic carbocycles. The second kappa shape index (κ2) is 6.26. The minimum Gasteiger partial charge on any atom is -0.398 e. The van der Waals surface area contributed by atoms with E-state index in [-0.39, 0.29) is 0 Å². The van der Waals surface area contributed by atoms with Crippen molar-refractivity contribution in [1.82, 2.24) is 4.98 Å². The molecular formula is C16H20N4O. The third-order valence-electron chi connectivity index (χ3n) is 3.35. The molecule has 0 bridgehead atoms. The molecule has 0 unspecified atom stereocenters. The molecule has 0 spiro atoms. The molecule has 1 amide bonds. The van der Waals surface area contributed by atoms with Gasteiger partial charge in [-0.05, 0) is 37.6 Å². The Morgan fingerprint density at radius 3 is 2.62 bits per heavy atom. The topological polar surface area (TPSA) is 85.2 Å². The van der Waals surface area contributed by atoms with Crippen LogP contribution in [0.2, 0.25) is 0 Å². The lowest BCUT2D eigenvalue weighted by atomic mass is 10.1. The Labute approximate surface area is 124 Å². The van der Waals surface area contributed by atoms with Gasteiger partial charge in [0.15, 0.2) is 0 Å². The van der Waals surface area contributed by atoms with Gasteiger partial charge < -0.3 is 16.4 Å². The van der Waals surface area contributed by atoms with Crippen LogP contribution >= 0.6 is 0 Å². The maximum Gasteiger partial charge on any atom is 0.248 e. The number of aromatic nitrogens is 1. The van der Waals surface area contributed by atoms with Gasteiger partial charge in [-0.15, -0.1) is 0 Å². The first-order valence-electron chi connectivity index (χ1n) is 6.88. The third-order valence-corrected chi connectivity index (χ3v) is 3.35. The lowest BCUT2D eigenvalue weighted by Crippen LogP contribution is -2.24. The predicted octanol–water partition coefficient (Wildman–Crippen LogP) is 2.10. The number of nitrogen functional groups attached to an aromatic ring is 1. The Morgan fingerprint density at radius 1 is 1.29 bits per heavy atom. The molecule has 0 atom stereocenters. The lowest BCUT2D eigenvalue weighted by Gasteiger charge is -2.23. The number of pyridine rings is 1. The second-order valence-corrected chi connectivity index (χ2v) is 4.93. The van der Waals surface area contributed by atoms with Gasteiger partial charge in [0.25, 0.3) is 0 Å². The van der Waals surface area contributed by atoms with E-state index < -0.39 is 5.91 Å². The van der Waals surface area contributed by atoms with E-state index in [0.29, 0.717) is 12.1 Å². The van der Waals surface area contributed by atoms with E-state index in [1.165, 1.54) is 0 Å². The zero-order valence-electron chi connectivity index (χ0n) is 12.3. The van der Waals surface area contributed by atoms with E-state index in [1.807, 2.05) is 38.1 Å². The van der Waals surface area contributed by atoms with Crippen molar-refractivity contribution in [2.45, 2.75) is 20.4 Å². The van der Waals surface area contributed by atoms with Crippen molar-refractivity contribution in [2.75, 3.05) is 17.2 Å². The normalized spacial score (nSPS) is 10.4. The van der Waals surface area contributed by atoms with Crippen LogP contribution in [0.15, 0.2) is 36.4 Å². The van der Waals surface area contributed by atoms with Gasteiger partial charge in [0.05, 0.1) is 0 Å². The molecule has 5 nitrogen and oxygen atoms in total. The maximum absolute atomic E-state index is 11.4. The van der Waals surface area contributed by atoms with E-state index in [2.05, 4.69) is 9.88 Å². The summed E-state index contributed by atoms with van der Waals surface area (Å²) in [5.74, 6) is 0.284. The largest absolute Gasteiger partial charge is 0.398 e. The summed E-state index contributed by atoms with van der Waals surface area (Å²) in [4.78, 5) is 17.9. The molecule has 0 saturated heterocycles. The molecule has 0 fully saturated rings. The summed E-state index contributed by atoms with van der Waals surface area (Å²) in [6.45, 7) is 5.27. The number of hydrogen-bond donors (Lipinski definition) is 2. The van der Waals surface area contributed by atoms with Gasteiger partial charge in [0.1, 0.15) is 5.82 Å². The zero-order chi connectivity index (χ0) is 15.4. The lowest BCUT2D eigenvalue weighted by molar-refractivity contribution is 0.1000. The van der Waals surface area contributed by atoms with E-state index >= 15 is 0 Å². The zero-order valence-corrected chi connectivity index (χ0v) is 12.3. The van der Waals surface area contributed by atoms with Crippen LogP contribution in [0, 0.1) is 6.92 Å². The van der Waals surface area contributed by atoms with Crippen LogP contribution in [0.3, 0.4) is 0 Å². The molecule has 1 aromatic heterocycles. The van der Waals surface area contributed by atoms with Gasteiger partial charge >= 0.3 is 0 Å². The van der Waals surface area contributed by atoms with Gasteiger partial charge in [0, 0.05) is 30.0 Å². The molecule has 1 aromatic carbocycles. The monoisotopic (exact) mass is 284 g/mol. The number of rotatable bonds is 5. The number of benzene rings is 1. The van der Waals surface area contributed by atoms with Gasteiger partial charge in [-0.25, -0.2) is 4.98 Å². The smallest absolute Gasteiger partial charge is 0.248 e. The van der Waals surface area contributed by atoms with Crippen LogP contribution < -0.4 is 16.4 Å². The SMILES string of the molecule is CCN(Cc1ccccc1N)c1cc(C(N)=O)cc(C)n1. The maximum atomic E-state index is 11.4. The molecule has 5 heteroatoms. The molecule has 0 radical (unpaired) electrons. The number of para-hydroxylation sites is 1. The van der Waals surface area contributed by atoms with E-state index in [9.17, 15) is 4.79 Å². The first-order chi connectivity index (χ1) is 10.0. The molecule has 0 aliphatic rings. The number of hydrogen-bond acceptors (Lipinski definition) is 4. The van der Waals surface area contributed by atoms with Crippen LogP contribution in [0.4, 0.5) is 11.5 Å². The van der Waals surface area contributed by atoms with Crippen molar-refractivity contribution in [2.24, 2.45) is 5.73 Å². The van der Waals surface area contributed by atoms with E-state index in [4.69, 9.17) is 11.5 Å². The Bertz CT molecular complexity index is 654. The third kappa shape index (κ3) is 3.51. The summed E-state index contributed by atoms with van der Waals surface area (Å²) >= 11 is 0. The van der Waals surface area contributed by atoms with Crippen molar-refractivity contribution < 1.29 is 4.79 Å². The molecule has 110 valence electrons. The molecule has 0 saturated carbocycles. The highest BCUT2D eigenvalue weighted by Crippen LogP contribution is 2.20. The molecule has 0 aliphatic heterocycles. The van der Waals surface area contributed by atoms with Crippen molar-refractivity contribution in [3.05, 3.63) is 53.2 Å². The van der Waals surface area contributed by atoms with E-state index in [0.717, 1.165) is 29.3 Å². The Hall–Kier alpha value is -2.56. The molecule has 1 heterocycles. The van der Waals surface area contributed by atoms with Crippen molar-refractivity contribution in [3.8, 4) is 0 Å². The Balaban J connectivity index is 2.33. The summed E-state index contributed by atoms with van der Waals surface area (Å²) in [5.41, 5.74) is 14.4. The minimum absolute atomic E-state index is 0.447. The molecule has 21 heavy (non-hydrogen) atoms. The number of amides is 1. The van der Waals surface area contributed by atoms with Crippen LogP contribution in [0.1, 0.15) is 28.5 Å². The van der Waals surface area contributed by atoms with Crippen LogP contribution in [0.5, 0.6) is 0 Å². The summed E-state index contributed by atoms with van der Waals surface area (Å²) in [5, 5.41) is 0. The van der Waals surface area contributed by atoms with Crippen molar-refractivity contribution in [1.29, 1.82) is 0 Å². The molecule has 4 N–H and O–H groups in total. The summed E-state index contributed by atoms with van der Waals surface area (Å²) < 4.78 is 0. The highest BCUT2D eigenvalue weighted by atomic mass is 16.1. The highest BCUT2D eigenvalue weighted by Gasteiger charge is 2.12. The number of carbonyl (C=O) groups excluding carboxylic acids is 1. The van der Waals surface area contributed by atoms with E-state index in [1.54, 1.807) is 12.1 Å². The average Bonchev–Trinajstić information content (AvgIpc) is 2.45. The quantitative estimate of drug-likeness (QED) is 0.823. The number of primary amides is 1. The van der Waals surface area contributed by atoms with Crippen molar-refractivity contribution in [3.63, 3.8) is 0 Å². The number of nitrogens with two attached hydrogens (primary N) is 2. The summed E-state index contributed by atoms with van der Waals surface area (Å²) in [6, 6.07) is 11.1. The van der Waals surface area contributed by atoms with Crippen LogP contribution in [-0.4, -0.2) is 17.4 Å². The fourth-order valence-electron chi connectivity index (χ4n) is 2.19. The number of anilines is 2. The van der Waals surface area contributed by atoms with Gasteiger partial charge in [-0.2, -0.15) is 0 Å². The first-order valence-corrected chi connectivity index (χ1v) is 6.88. The Morgan fingerprint density at radius 2 is 2.00 bits per heavy atom. The van der Waals surface area contributed by atoms with Crippen molar-refractivity contribution >= 4 is 17.4 Å². The van der Waals surface area contributed by atoms with Gasteiger partial charge in [0.2, 0.25) is 5.91 Å². The standard InChI is InChI=1S/C16H20N4O/c1-3-20(10-12-6-4-5-7-14(12)17)15-9-13(16(18)21)8-11(2)19-15/h4-9H,3,10,17H2,1-2H3,(H2,18,21). The fourth-order valence-corrected chi connectivity index (χ4v) is 2.19. The van der Waals surface area contributed by atoms with Crippen LogP contribution in [-0.2, 0) is 6.54 Å². The summed E-state index contributed by atoms with van der Waals surface area (Å²) in [6.07, 6.45) is 0. The first kappa shape index (κ1) is 14.8. The minimum atomic E-state index is -0.447. The molecular weight excluding hydrogens is 264 g/mol. The average molecular weight is 284 g/mol. The van der Waals surface area contributed by atoms with Crippen LogP contribution in [0.25, 0.3) is 0 Å². The fraction of sp³-hybridized carbons (Fsp3) is 0.250. The number of aryl methyl sites for hydroxylation is 1.